The first kappa shape index (κ1) is 29.4. The standard InChI is InChI=1S/C30H13F9O4/c1-12-6-7-17(30(37,38)39)23-22(12)26(42-28(40)13-8-18(31)24(35)19(32)9-13)15-4-2-3-5-16(15)27(23)43-29(41)14-10-20(33)25(36)21(34)11-14/h2-11H,1H3. The van der Waals surface area contributed by atoms with E-state index in [-0.39, 0.29) is 28.5 Å². The molecule has 5 aromatic carbocycles. The van der Waals surface area contributed by atoms with Crippen LogP contribution in [0.15, 0.2) is 60.7 Å². The van der Waals surface area contributed by atoms with Gasteiger partial charge in [-0.1, -0.05) is 30.3 Å². The maximum absolute atomic E-state index is 14.3. The Morgan fingerprint density at radius 2 is 1.00 bits per heavy atom. The second kappa shape index (κ2) is 10.6. The summed E-state index contributed by atoms with van der Waals surface area (Å²) in [6.45, 7) is 1.32. The van der Waals surface area contributed by atoms with Crippen LogP contribution in [0.3, 0.4) is 0 Å². The summed E-state index contributed by atoms with van der Waals surface area (Å²) in [4.78, 5) is 25.9. The molecule has 0 aliphatic rings. The summed E-state index contributed by atoms with van der Waals surface area (Å²) in [5.41, 5.74) is -3.02. The van der Waals surface area contributed by atoms with Crippen molar-refractivity contribution in [2.45, 2.75) is 13.1 Å². The van der Waals surface area contributed by atoms with Gasteiger partial charge in [0.05, 0.1) is 16.7 Å². The van der Waals surface area contributed by atoms with Crippen molar-refractivity contribution in [3.05, 3.63) is 118 Å². The SMILES string of the molecule is Cc1ccc(C(F)(F)F)c2c(OC(=O)c3cc(F)c(F)c(F)c3)c3ccccc3c(OC(=O)c3cc(F)c(F)c(F)c3)c12. The fourth-order valence-electron chi connectivity index (χ4n) is 4.48. The van der Waals surface area contributed by atoms with Crippen molar-refractivity contribution in [3.8, 4) is 11.5 Å². The Bertz CT molecular complexity index is 1940. The lowest BCUT2D eigenvalue weighted by Crippen LogP contribution is -2.15. The highest BCUT2D eigenvalue weighted by molar-refractivity contribution is 6.15. The maximum Gasteiger partial charge on any atom is 0.417 e. The summed E-state index contributed by atoms with van der Waals surface area (Å²) in [6, 6.07) is 8.05. The van der Waals surface area contributed by atoms with E-state index in [0.29, 0.717) is 18.2 Å². The van der Waals surface area contributed by atoms with Gasteiger partial charge in [-0.15, -0.1) is 0 Å². The molecule has 0 saturated heterocycles. The third kappa shape index (κ3) is 5.22. The number of benzene rings is 5. The molecule has 4 nitrogen and oxygen atoms in total. The molecule has 0 atom stereocenters. The van der Waals surface area contributed by atoms with E-state index in [1.54, 1.807) is 0 Å². The van der Waals surface area contributed by atoms with Gasteiger partial charge in [0.15, 0.2) is 34.9 Å². The van der Waals surface area contributed by atoms with Crippen LogP contribution in [0.5, 0.6) is 11.5 Å². The quantitative estimate of drug-likeness (QED) is 0.0675. The van der Waals surface area contributed by atoms with Crippen LogP contribution in [0, 0.1) is 41.8 Å². The van der Waals surface area contributed by atoms with Crippen molar-refractivity contribution in [2.75, 3.05) is 0 Å². The molecule has 0 radical (unpaired) electrons. The largest absolute Gasteiger partial charge is 0.422 e. The van der Waals surface area contributed by atoms with Crippen molar-refractivity contribution in [1.29, 1.82) is 0 Å². The van der Waals surface area contributed by atoms with Crippen molar-refractivity contribution in [2.24, 2.45) is 0 Å². The molecule has 0 saturated carbocycles. The van der Waals surface area contributed by atoms with Crippen LogP contribution < -0.4 is 9.47 Å². The van der Waals surface area contributed by atoms with Gasteiger partial charge in [0.25, 0.3) is 0 Å². The highest BCUT2D eigenvalue weighted by atomic mass is 19.4. The molecule has 0 bridgehead atoms. The van der Waals surface area contributed by atoms with E-state index in [2.05, 4.69) is 0 Å². The Kier molecular flexibility index (Phi) is 7.28. The Hall–Kier alpha value is -5.07. The average Bonchev–Trinajstić information content (AvgIpc) is 2.94. The van der Waals surface area contributed by atoms with Gasteiger partial charge in [-0.25, -0.2) is 35.9 Å². The van der Waals surface area contributed by atoms with E-state index in [9.17, 15) is 49.1 Å². The predicted octanol–water partition coefficient (Wildman–Crippen LogP) is 8.59. The van der Waals surface area contributed by atoms with Gasteiger partial charge < -0.3 is 9.47 Å². The monoisotopic (exact) mass is 608 g/mol. The molecule has 0 fully saturated rings. The predicted molar refractivity (Wildman–Crippen MR) is 134 cm³/mol. The van der Waals surface area contributed by atoms with Crippen molar-refractivity contribution in [3.63, 3.8) is 0 Å². The second-order valence-corrected chi connectivity index (χ2v) is 9.17. The molecular weight excluding hydrogens is 595 g/mol. The van der Waals surface area contributed by atoms with Crippen molar-refractivity contribution < 1.29 is 58.6 Å². The molecule has 0 aromatic heterocycles. The Labute approximate surface area is 234 Å². The molecule has 0 heterocycles. The first-order valence-corrected chi connectivity index (χ1v) is 12.0. The third-order valence-corrected chi connectivity index (χ3v) is 6.42. The number of rotatable bonds is 4. The minimum atomic E-state index is -5.10. The van der Waals surface area contributed by atoms with Crippen LogP contribution in [-0.4, -0.2) is 11.9 Å². The van der Waals surface area contributed by atoms with Crippen LogP contribution in [0.2, 0.25) is 0 Å². The molecule has 0 aliphatic heterocycles. The highest BCUT2D eigenvalue weighted by Gasteiger charge is 2.36. The van der Waals surface area contributed by atoms with E-state index < -0.39 is 92.0 Å². The Balaban J connectivity index is 1.80. The minimum absolute atomic E-state index is 0.0455. The zero-order chi connectivity index (χ0) is 31.4. The molecule has 220 valence electrons. The number of alkyl halides is 3. The number of ether oxygens (including phenoxy) is 2. The number of halogens is 9. The normalized spacial score (nSPS) is 11.7. The van der Waals surface area contributed by atoms with Gasteiger partial charge in [-0.3, -0.25) is 0 Å². The van der Waals surface area contributed by atoms with Crippen LogP contribution in [0.1, 0.15) is 31.8 Å². The number of esters is 2. The van der Waals surface area contributed by atoms with E-state index >= 15 is 0 Å². The number of carbonyl (C=O) groups is 2. The van der Waals surface area contributed by atoms with E-state index in [1.165, 1.54) is 31.2 Å². The van der Waals surface area contributed by atoms with Gasteiger partial charge in [0, 0.05) is 21.5 Å². The zero-order valence-corrected chi connectivity index (χ0v) is 21.3. The summed E-state index contributed by atoms with van der Waals surface area (Å²) >= 11 is 0. The summed E-state index contributed by atoms with van der Waals surface area (Å²) in [6.07, 6.45) is -5.10. The first-order chi connectivity index (χ1) is 20.2. The summed E-state index contributed by atoms with van der Waals surface area (Å²) in [5, 5.41) is -1.64. The number of aryl methyl sites for hydroxylation is 1. The summed E-state index contributed by atoms with van der Waals surface area (Å²) < 4.78 is 136. The molecule has 43 heavy (non-hydrogen) atoms. The second-order valence-electron chi connectivity index (χ2n) is 9.17. The number of hydrogen-bond donors (Lipinski definition) is 0. The molecule has 5 aromatic rings. The van der Waals surface area contributed by atoms with Crippen LogP contribution in [-0.2, 0) is 6.18 Å². The van der Waals surface area contributed by atoms with Gasteiger partial charge in [-0.05, 0) is 42.8 Å². The van der Waals surface area contributed by atoms with E-state index in [4.69, 9.17) is 9.47 Å². The minimum Gasteiger partial charge on any atom is -0.422 e. The molecule has 5 rings (SSSR count). The summed E-state index contributed by atoms with van der Waals surface area (Å²) in [5.74, 6) is -15.1. The first-order valence-electron chi connectivity index (χ1n) is 12.0. The fourth-order valence-corrected chi connectivity index (χ4v) is 4.48. The third-order valence-electron chi connectivity index (χ3n) is 6.42. The van der Waals surface area contributed by atoms with Gasteiger partial charge in [-0.2, -0.15) is 13.2 Å². The lowest BCUT2D eigenvalue weighted by Gasteiger charge is -2.21. The average molecular weight is 608 g/mol. The Morgan fingerprint density at radius 3 is 1.40 bits per heavy atom. The molecule has 0 spiro atoms. The smallest absolute Gasteiger partial charge is 0.417 e. The lowest BCUT2D eigenvalue weighted by molar-refractivity contribution is -0.136. The summed E-state index contributed by atoms with van der Waals surface area (Å²) in [7, 11) is 0. The Morgan fingerprint density at radius 1 is 0.605 bits per heavy atom. The van der Waals surface area contributed by atoms with E-state index in [0.717, 1.165) is 6.07 Å². The van der Waals surface area contributed by atoms with Crippen LogP contribution >= 0.6 is 0 Å². The maximum atomic E-state index is 14.3. The van der Waals surface area contributed by atoms with E-state index in [1.807, 2.05) is 0 Å². The molecule has 13 heteroatoms. The highest BCUT2D eigenvalue weighted by Crippen LogP contribution is 2.49. The lowest BCUT2D eigenvalue weighted by atomic mass is 9.93. The molecule has 0 N–H and O–H groups in total. The molecular formula is C30H13F9O4. The molecule has 0 amide bonds. The topological polar surface area (TPSA) is 52.6 Å². The fraction of sp³-hybridized carbons (Fsp3) is 0.0667. The number of fused-ring (bicyclic) bond motifs is 2. The van der Waals surface area contributed by atoms with Crippen LogP contribution in [0.4, 0.5) is 39.5 Å². The molecule has 0 aliphatic carbocycles. The number of carbonyl (C=O) groups excluding carboxylic acids is 2. The van der Waals surface area contributed by atoms with Crippen molar-refractivity contribution in [1.82, 2.24) is 0 Å². The molecule has 0 unspecified atom stereocenters. The van der Waals surface area contributed by atoms with Gasteiger partial charge >= 0.3 is 18.1 Å². The van der Waals surface area contributed by atoms with Crippen molar-refractivity contribution >= 4 is 33.5 Å². The van der Waals surface area contributed by atoms with Gasteiger partial charge in [0.1, 0.15) is 11.5 Å². The number of hydrogen-bond acceptors (Lipinski definition) is 4. The zero-order valence-electron chi connectivity index (χ0n) is 21.3. The van der Waals surface area contributed by atoms with Gasteiger partial charge in [0.2, 0.25) is 0 Å². The van der Waals surface area contributed by atoms with Crippen LogP contribution in [0.25, 0.3) is 21.5 Å².